The van der Waals surface area contributed by atoms with Gasteiger partial charge in [-0.25, -0.2) is 0 Å². The van der Waals surface area contributed by atoms with Gasteiger partial charge in [-0.05, 0) is 24.0 Å². The van der Waals surface area contributed by atoms with Crippen LogP contribution in [0, 0.1) is 0 Å². The molecule has 0 unspecified atom stereocenters. The summed E-state index contributed by atoms with van der Waals surface area (Å²) < 4.78 is 0. The van der Waals surface area contributed by atoms with Crippen molar-refractivity contribution in [3.8, 4) is 0 Å². The Bertz CT molecular complexity index is 323. The van der Waals surface area contributed by atoms with Gasteiger partial charge in [0, 0.05) is 0 Å². The highest BCUT2D eigenvalue weighted by Gasteiger charge is 2.17. The lowest BCUT2D eigenvalue weighted by Gasteiger charge is -2.13. The van der Waals surface area contributed by atoms with Crippen LogP contribution in [0.5, 0.6) is 0 Å². The molecule has 0 saturated carbocycles. The molecule has 0 aliphatic rings. The van der Waals surface area contributed by atoms with Crippen LogP contribution in [-0.2, 0) is 12.8 Å². The zero-order valence-corrected chi connectivity index (χ0v) is 10.9. The molecule has 0 saturated heterocycles. The Morgan fingerprint density at radius 1 is 0.643 bits per heavy atom. The topological polar surface area (TPSA) is 0 Å². The van der Waals surface area contributed by atoms with Crippen LogP contribution in [0.2, 0.25) is 20.1 Å². The molecular formula is C10H10Cl4. The zero-order chi connectivity index (χ0) is 10.9. The van der Waals surface area contributed by atoms with Gasteiger partial charge in [0.05, 0.1) is 20.1 Å². The van der Waals surface area contributed by atoms with E-state index in [0.717, 1.165) is 24.0 Å². The summed E-state index contributed by atoms with van der Waals surface area (Å²) in [6.07, 6.45) is 1.61. The molecule has 14 heavy (non-hydrogen) atoms. The standard InChI is InChI=1S/C10H10Cl4/c1-3-5-6(4-2)8(12)10(14)9(13)7(5)11/h3-4H2,1-2H3. The molecule has 0 nitrogen and oxygen atoms in total. The molecule has 78 valence electrons. The average Bonchev–Trinajstić information content (AvgIpc) is 2.20. The van der Waals surface area contributed by atoms with Crippen molar-refractivity contribution in [1.82, 2.24) is 0 Å². The number of hydrogen-bond donors (Lipinski definition) is 0. The summed E-state index contributed by atoms with van der Waals surface area (Å²) in [6, 6.07) is 0. The normalized spacial score (nSPS) is 10.7. The minimum absolute atomic E-state index is 0.354. The third-order valence-electron chi connectivity index (χ3n) is 2.18. The van der Waals surface area contributed by atoms with Crippen molar-refractivity contribution in [3.63, 3.8) is 0 Å². The Morgan fingerprint density at radius 2 is 0.929 bits per heavy atom. The first-order valence-electron chi connectivity index (χ1n) is 4.38. The average molecular weight is 272 g/mol. The molecule has 0 heterocycles. The van der Waals surface area contributed by atoms with Crippen molar-refractivity contribution in [2.45, 2.75) is 26.7 Å². The van der Waals surface area contributed by atoms with Crippen molar-refractivity contribution in [3.05, 3.63) is 31.2 Å². The van der Waals surface area contributed by atoms with Gasteiger partial charge in [0.2, 0.25) is 0 Å². The fourth-order valence-corrected chi connectivity index (χ4v) is 2.66. The quantitative estimate of drug-likeness (QED) is 0.497. The van der Waals surface area contributed by atoms with Gasteiger partial charge in [-0.3, -0.25) is 0 Å². The van der Waals surface area contributed by atoms with Gasteiger partial charge in [0.15, 0.2) is 0 Å². The van der Waals surface area contributed by atoms with E-state index < -0.39 is 0 Å². The predicted octanol–water partition coefficient (Wildman–Crippen LogP) is 5.43. The van der Waals surface area contributed by atoms with Gasteiger partial charge >= 0.3 is 0 Å². The van der Waals surface area contributed by atoms with E-state index in [-0.39, 0.29) is 0 Å². The van der Waals surface area contributed by atoms with E-state index in [4.69, 9.17) is 46.4 Å². The maximum Gasteiger partial charge on any atom is 0.0796 e. The first-order valence-corrected chi connectivity index (χ1v) is 5.89. The van der Waals surface area contributed by atoms with Crippen molar-refractivity contribution in [2.75, 3.05) is 0 Å². The lowest BCUT2D eigenvalue weighted by Crippen LogP contribution is -1.95. The van der Waals surface area contributed by atoms with Gasteiger partial charge in [-0.2, -0.15) is 0 Å². The lowest BCUT2D eigenvalue weighted by molar-refractivity contribution is 1.04. The molecule has 0 bridgehead atoms. The second-order valence-electron chi connectivity index (χ2n) is 2.92. The van der Waals surface area contributed by atoms with E-state index in [1.807, 2.05) is 13.8 Å². The Kier molecular flexibility index (Phi) is 4.39. The fraction of sp³-hybridized carbons (Fsp3) is 0.400. The van der Waals surface area contributed by atoms with Crippen molar-refractivity contribution in [1.29, 1.82) is 0 Å². The maximum atomic E-state index is 6.08. The third kappa shape index (κ3) is 1.99. The lowest BCUT2D eigenvalue weighted by atomic mass is 10.0. The second kappa shape index (κ2) is 4.94. The minimum atomic E-state index is 0.354. The van der Waals surface area contributed by atoms with Crippen LogP contribution in [0.1, 0.15) is 25.0 Å². The SMILES string of the molecule is CCc1c(Cl)c(Cl)c(Cl)c(Cl)c1CC. The van der Waals surface area contributed by atoms with E-state index in [2.05, 4.69) is 0 Å². The Hall–Kier alpha value is 0.380. The molecule has 0 aromatic heterocycles. The molecule has 0 atom stereocenters. The highest BCUT2D eigenvalue weighted by Crippen LogP contribution is 2.41. The molecule has 0 spiro atoms. The van der Waals surface area contributed by atoms with Gasteiger partial charge in [0.25, 0.3) is 0 Å². The summed E-state index contributed by atoms with van der Waals surface area (Å²) in [7, 11) is 0. The van der Waals surface area contributed by atoms with Crippen LogP contribution < -0.4 is 0 Å². The van der Waals surface area contributed by atoms with E-state index in [9.17, 15) is 0 Å². The van der Waals surface area contributed by atoms with Crippen LogP contribution in [-0.4, -0.2) is 0 Å². The Morgan fingerprint density at radius 3 is 1.14 bits per heavy atom. The molecule has 1 aromatic carbocycles. The van der Waals surface area contributed by atoms with Crippen LogP contribution >= 0.6 is 46.4 Å². The summed E-state index contributed by atoms with van der Waals surface area (Å²) in [5.74, 6) is 0. The monoisotopic (exact) mass is 270 g/mol. The number of rotatable bonds is 2. The van der Waals surface area contributed by atoms with Crippen LogP contribution in [0.25, 0.3) is 0 Å². The summed E-state index contributed by atoms with van der Waals surface area (Å²) >= 11 is 24.1. The van der Waals surface area contributed by atoms with E-state index in [1.165, 1.54) is 0 Å². The van der Waals surface area contributed by atoms with E-state index >= 15 is 0 Å². The fourth-order valence-electron chi connectivity index (χ4n) is 1.46. The largest absolute Gasteiger partial charge is 0.0823 e. The maximum absolute atomic E-state index is 6.08. The summed E-state index contributed by atoms with van der Waals surface area (Å²) in [4.78, 5) is 0. The van der Waals surface area contributed by atoms with Crippen LogP contribution in [0.15, 0.2) is 0 Å². The summed E-state index contributed by atoms with van der Waals surface area (Å²) in [5.41, 5.74) is 1.99. The highest BCUT2D eigenvalue weighted by atomic mass is 35.5. The van der Waals surface area contributed by atoms with Crippen molar-refractivity contribution < 1.29 is 0 Å². The molecule has 0 aliphatic heterocycles. The molecule has 0 aliphatic carbocycles. The molecule has 4 heteroatoms. The number of halogens is 4. The molecule has 1 rings (SSSR count). The highest BCUT2D eigenvalue weighted by molar-refractivity contribution is 6.52. The Labute approximate surface area is 104 Å². The Balaban J connectivity index is 3.57. The molecular weight excluding hydrogens is 262 g/mol. The number of benzene rings is 1. The minimum Gasteiger partial charge on any atom is -0.0823 e. The molecule has 1 aromatic rings. The molecule has 0 amide bonds. The predicted molar refractivity (Wildman–Crippen MR) is 65.2 cm³/mol. The van der Waals surface area contributed by atoms with Crippen LogP contribution in [0.3, 0.4) is 0 Å². The third-order valence-corrected chi connectivity index (χ3v) is 4.06. The first-order chi connectivity index (χ1) is 6.54. The molecule has 0 radical (unpaired) electrons. The van der Waals surface area contributed by atoms with Crippen LogP contribution in [0.4, 0.5) is 0 Å². The summed E-state index contributed by atoms with van der Waals surface area (Å²) in [5, 5.41) is 1.76. The zero-order valence-electron chi connectivity index (χ0n) is 7.93. The smallest absolute Gasteiger partial charge is 0.0796 e. The first kappa shape index (κ1) is 12.4. The van der Waals surface area contributed by atoms with E-state index in [1.54, 1.807) is 0 Å². The molecule has 0 N–H and O–H groups in total. The van der Waals surface area contributed by atoms with Gasteiger partial charge in [-0.1, -0.05) is 60.3 Å². The van der Waals surface area contributed by atoms with Crippen molar-refractivity contribution >= 4 is 46.4 Å². The van der Waals surface area contributed by atoms with Gasteiger partial charge < -0.3 is 0 Å². The summed E-state index contributed by atoms with van der Waals surface area (Å²) in [6.45, 7) is 4.03. The van der Waals surface area contributed by atoms with Crippen molar-refractivity contribution in [2.24, 2.45) is 0 Å². The van der Waals surface area contributed by atoms with Gasteiger partial charge in [0.1, 0.15) is 0 Å². The van der Waals surface area contributed by atoms with E-state index in [0.29, 0.717) is 20.1 Å². The second-order valence-corrected chi connectivity index (χ2v) is 4.43. The van der Waals surface area contributed by atoms with Gasteiger partial charge in [-0.15, -0.1) is 0 Å². The molecule has 0 fully saturated rings. The number of hydrogen-bond acceptors (Lipinski definition) is 0.